The van der Waals surface area contributed by atoms with Gasteiger partial charge < -0.3 is 27.2 Å². The largest absolute Gasteiger partial charge is 0.478 e. The van der Waals surface area contributed by atoms with Crippen molar-refractivity contribution in [3.8, 4) is 0 Å². The zero-order chi connectivity index (χ0) is 22.9. The van der Waals surface area contributed by atoms with Gasteiger partial charge in [-0.3, -0.25) is 14.6 Å². The summed E-state index contributed by atoms with van der Waals surface area (Å²) >= 11 is 0. The van der Waals surface area contributed by atoms with Crippen LogP contribution in [0.2, 0.25) is 0 Å². The summed E-state index contributed by atoms with van der Waals surface area (Å²) < 4.78 is 0. The van der Waals surface area contributed by atoms with Crippen molar-refractivity contribution in [1.82, 2.24) is 10.6 Å². The maximum Gasteiger partial charge on any atom is 0.328 e. The molecule has 0 aromatic rings. The van der Waals surface area contributed by atoms with Crippen molar-refractivity contribution in [3.05, 3.63) is 24.3 Å². The third kappa shape index (κ3) is 15.1. The number of guanidine groups is 1. The van der Waals surface area contributed by atoms with Crippen LogP contribution in [0.4, 0.5) is 0 Å². The van der Waals surface area contributed by atoms with E-state index in [-0.39, 0.29) is 23.7 Å². The number of nitrogens with one attached hydrogen (secondary N) is 2. The second kappa shape index (κ2) is 16.0. The number of aliphatic carboxylic acids is 1. The summed E-state index contributed by atoms with van der Waals surface area (Å²) in [7, 11) is 0. The lowest BCUT2D eigenvalue weighted by Gasteiger charge is -2.22. The van der Waals surface area contributed by atoms with Crippen LogP contribution in [0.5, 0.6) is 0 Å². The van der Waals surface area contributed by atoms with Gasteiger partial charge in [-0.2, -0.15) is 0 Å². The van der Waals surface area contributed by atoms with Crippen molar-refractivity contribution < 1.29 is 19.5 Å². The molecule has 2 atom stereocenters. The van der Waals surface area contributed by atoms with Gasteiger partial charge in [-0.15, -0.1) is 0 Å². The van der Waals surface area contributed by atoms with Crippen molar-refractivity contribution in [2.75, 3.05) is 6.54 Å². The molecule has 9 nitrogen and oxygen atoms in total. The molecule has 0 aromatic carbocycles. The molecule has 0 aliphatic rings. The Bertz CT molecular complexity index is 625. The number of hydrogen-bond donors (Lipinski definition) is 5. The molecule has 170 valence electrons. The number of amides is 2. The Morgan fingerprint density at radius 3 is 2.37 bits per heavy atom. The van der Waals surface area contributed by atoms with Gasteiger partial charge in [0.25, 0.3) is 0 Å². The van der Waals surface area contributed by atoms with Crippen molar-refractivity contribution in [3.63, 3.8) is 0 Å². The van der Waals surface area contributed by atoms with E-state index in [1.807, 2.05) is 13.8 Å². The van der Waals surface area contributed by atoms with Gasteiger partial charge in [0.2, 0.25) is 11.8 Å². The summed E-state index contributed by atoms with van der Waals surface area (Å²) in [5.74, 6) is -1.63. The van der Waals surface area contributed by atoms with Crippen LogP contribution in [-0.4, -0.2) is 47.5 Å². The van der Waals surface area contributed by atoms with E-state index in [1.54, 1.807) is 6.08 Å². The summed E-state index contributed by atoms with van der Waals surface area (Å²) in [5.41, 5.74) is 10.6. The third-order valence-corrected chi connectivity index (χ3v) is 4.10. The Balaban J connectivity index is 5.06. The zero-order valence-electron chi connectivity index (χ0n) is 18.3. The molecule has 0 fully saturated rings. The van der Waals surface area contributed by atoms with Crippen LogP contribution in [0.1, 0.15) is 59.3 Å². The first-order chi connectivity index (χ1) is 14.1. The number of unbranched alkanes of at least 4 members (excludes halogenated alkanes) is 2. The SMILES string of the molecule is CCCC/C=C/C(=O)N[C@@H](CC(C)C)C(=O)N[C@H](/C=C/C(=O)O)CCCN=C(N)N. The first-order valence-corrected chi connectivity index (χ1v) is 10.4. The Labute approximate surface area is 179 Å². The van der Waals surface area contributed by atoms with Gasteiger partial charge in [-0.25, -0.2) is 4.79 Å². The van der Waals surface area contributed by atoms with E-state index in [9.17, 15) is 14.4 Å². The van der Waals surface area contributed by atoms with Crippen LogP contribution >= 0.6 is 0 Å². The highest BCUT2D eigenvalue weighted by molar-refractivity contribution is 5.93. The number of carboxylic acids is 1. The number of carbonyl (C=O) groups is 3. The number of carbonyl (C=O) groups excluding carboxylic acids is 2. The molecule has 0 rings (SSSR count). The molecule has 0 heterocycles. The number of nitrogens with zero attached hydrogens (tertiary/aromatic N) is 1. The molecule has 0 bridgehead atoms. The lowest BCUT2D eigenvalue weighted by atomic mass is 10.0. The fourth-order valence-electron chi connectivity index (χ4n) is 2.65. The van der Waals surface area contributed by atoms with Crippen LogP contribution in [-0.2, 0) is 14.4 Å². The highest BCUT2D eigenvalue weighted by Crippen LogP contribution is 2.08. The van der Waals surface area contributed by atoms with Gasteiger partial charge in [0.05, 0.1) is 0 Å². The molecule has 0 saturated carbocycles. The zero-order valence-corrected chi connectivity index (χ0v) is 18.3. The fraction of sp³-hybridized carbons (Fsp3) is 0.619. The summed E-state index contributed by atoms with van der Waals surface area (Å²) in [6.07, 6.45) is 9.95. The summed E-state index contributed by atoms with van der Waals surface area (Å²) in [4.78, 5) is 39.7. The van der Waals surface area contributed by atoms with Crippen molar-refractivity contribution in [1.29, 1.82) is 0 Å². The number of carboxylic acid groups (broad SMARTS) is 1. The first kappa shape index (κ1) is 27.2. The summed E-state index contributed by atoms with van der Waals surface area (Å²) in [6, 6.07) is -1.23. The minimum Gasteiger partial charge on any atom is -0.478 e. The van der Waals surface area contributed by atoms with E-state index in [0.717, 1.165) is 25.3 Å². The molecule has 9 heteroatoms. The molecule has 0 aliphatic heterocycles. The van der Waals surface area contributed by atoms with E-state index < -0.39 is 18.1 Å². The van der Waals surface area contributed by atoms with E-state index in [4.69, 9.17) is 16.6 Å². The molecule has 0 radical (unpaired) electrons. The molecule has 0 aliphatic carbocycles. The van der Waals surface area contributed by atoms with Crippen molar-refractivity contribution >= 4 is 23.7 Å². The van der Waals surface area contributed by atoms with E-state index >= 15 is 0 Å². The van der Waals surface area contributed by atoms with Crippen molar-refractivity contribution in [2.24, 2.45) is 22.4 Å². The van der Waals surface area contributed by atoms with E-state index in [0.29, 0.717) is 25.8 Å². The first-order valence-electron chi connectivity index (χ1n) is 10.4. The van der Waals surface area contributed by atoms with Gasteiger partial charge in [-0.05, 0) is 37.7 Å². The fourth-order valence-corrected chi connectivity index (χ4v) is 2.65. The maximum absolute atomic E-state index is 12.8. The molecule has 0 aromatic heterocycles. The van der Waals surface area contributed by atoms with E-state index in [2.05, 4.69) is 22.5 Å². The van der Waals surface area contributed by atoms with Crippen LogP contribution in [0, 0.1) is 5.92 Å². The lowest BCUT2D eigenvalue weighted by Crippen LogP contribution is -2.49. The van der Waals surface area contributed by atoms with Gasteiger partial charge in [-0.1, -0.05) is 45.8 Å². The number of aliphatic imine (C=N–C) groups is 1. The van der Waals surface area contributed by atoms with Crippen LogP contribution in [0.25, 0.3) is 0 Å². The molecular formula is C21H37N5O4. The predicted molar refractivity (Wildman–Crippen MR) is 119 cm³/mol. The number of hydrogen-bond acceptors (Lipinski definition) is 4. The second-order valence-electron chi connectivity index (χ2n) is 7.50. The Kier molecular flexibility index (Phi) is 14.5. The molecule has 0 saturated heterocycles. The molecule has 0 spiro atoms. The van der Waals surface area contributed by atoms with Gasteiger partial charge in [0.15, 0.2) is 5.96 Å². The normalized spacial score (nSPS) is 13.3. The third-order valence-electron chi connectivity index (χ3n) is 4.10. The number of allylic oxidation sites excluding steroid dienone is 1. The minimum absolute atomic E-state index is 0.0247. The quantitative estimate of drug-likeness (QED) is 0.116. The van der Waals surface area contributed by atoms with Gasteiger partial charge in [0, 0.05) is 18.7 Å². The minimum atomic E-state index is -1.11. The number of nitrogens with two attached hydrogens (primary N) is 2. The molecule has 30 heavy (non-hydrogen) atoms. The smallest absolute Gasteiger partial charge is 0.328 e. The Morgan fingerprint density at radius 2 is 1.80 bits per heavy atom. The molecule has 2 amide bonds. The lowest BCUT2D eigenvalue weighted by molar-refractivity contribution is -0.131. The van der Waals surface area contributed by atoms with E-state index in [1.165, 1.54) is 12.2 Å². The average Bonchev–Trinajstić information content (AvgIpc) is 2.65. The second-order valence-corrected chi connectivity index (χ2v) is 7.50. The maximum atomic E-state index is 12.8. The number of rotatable bonds is 15. The molecular weight excluding hydrogens is 386 g/mol. The van der Waals surface area contributed by atoms with Crippen LogP contribution in [0.3, 0.4) is 0 Å². The summed E-state index contributed by atoms with van der Waals surface area (Å²) in [5, 5.41) is 14.4. The standard InChI is InChI=1S/C21H37N5O4/c1-4-5-6-7-10-18(27)26-17(14-15(2)3)20(30)25-16(11-12-19(28)29)9-8-13-24-21(22)23/h7,10-12,15-17H,4-6,8-9,13-14H2,1-3H3,(H,25,30)(H,26,27)(H,28,29)(H4,22,23,24)/b10-7+,12-11+/t16-,17-/m0/s1. The summed E-state index contributed by atoms with van der Waals surface area (Å²) in [6.45, 7) is 6.36. The average molecular weight is 424 g/mol. The van der Waals surface area contributed by atoms with Crippen LogP contribution in [0.15, 0.2) is 29.3 Å². The Morgan fingerprint density at radius 1 is 1.10 bits per heavy atom. The molecule has 0 unspecified atom stereocenters. The van der Waals surface area contributed by atoms with Crippen LogP contribution < -0.4 is 22.1 Å². The Hall–Kier alpha value is -2.84. The monoisotopic (exact) mass is 423 g/mol. The highest BCUT2D eigenvalue weighted by atomic mass is 16.4. The topological polar surface area (TPSA) is 160 Å². The van der Waals surface area contributed by atoms with Gasteiger partial charge >= 0.3 is 5.97 Å². The van der Waals surface area contributed by atoms with Crippen molar-refractivity contribution in [2.45, 2.75) is 71.4 Å². The predicted octanol–water partition coefficient (Wildman–Crippen LogP) is 1.44. The van der Waals surface area contributed by atoms with Gasteiger partial charge in [0.1, 0.15) is 6.04 Å². The molecule has 7 N–H and O–H groups in total. The highest BCUT2D eigenvalue weighted by Gasteiger charge is 2.23.